The van der Waals surface area contributed by atoms with Crippen molar-refractivity contribution in [2.45, 2.75) is 107 Å². The lowest BCUT2D eigenvalue weighted by Gasteiger charge is -2.33. The van der Waals surface area contributed by atoms with E-state index in [-0.39, 0.29) is 0 Å². The molecule has 1 rings (SSSR count). The molecule has 1 heterocycles. The maximum Gasteiger partial charge on any atom is 0.0166 e. The van der Waals surface area contributed by atoms with Crippen LogP contribution in [0.5, 0.6) is 0 Å². The number of hydrogen-bond acceptors (Lipinski definition) is 2. The van der Waals surface area contributed by atoms with E-state index in [1.54, 1.807) is 0 Å². The largest absolute Gasteiger partial charge is 0.297 e. The summed E-state index contributed by atoms with van der Waals surface area (Å²) < 4.78 is 0. The molecule has 0 aromatic rings. The third-order valence-electron chi connectivity index (χ3n) is 7.11. The van der Waals surface area contributed by atoms with Crippen LogP contribution in [0.2, 0.25) is 0 Å². The minimum absolute atomic E-state index is 1.11. The van der Waals surface area contributed by atoms with Gasteiger partial charge in [-0.2, -0.15) is 0 Å². The Morgan fingerprint density at radius 1 is 0.417 bits per heavy atom. The second kappa shape index (κ2) is 19.5. The van der Waals surface area contributed by atoms with Crippen molar-refractivity contribution in [3.8, 4) is 0 Å². The SMILES string of the molecule is CC(C)=CCC/C(C)=C/CC/C(C)=C/CN1CCN(C/C=C(\C)CC/C=C(\C)CCC=C(C)C)CC1. The first-order valence-electron chi connectivity index (χ1n) is 14.5. The first-order chi connectivity index (χ1) is 17.2. The summed E-state index contributed by atoms with van der Waals surface area (Å²) in [6.07, 6.45) is 23.9. The summed E-state index contributed by atoms with van der Waals surface area (Å²) in [5.74, 6) is 0. The maximum absolute atomic E-state index is 2.61. The Bertz CT molecular complexity index is 719. The highest BCUT2D eigenvalue weighted by molar-refractivity contribution is 5.07. The molecule has 0 aliphatic carbocycles. The maximum atomic E-state index is 2.61. The molecular formula is C34H58N2. The van der Waals surface area contributed by atoms with Gasteiger partial charge in [0.2, 0.25) is 0 Å². The number of allylic oxidation sites excluding steroid dienone is 10. The second-order valence-electron chi connectivity index (χ2n) is 11.5. The lowest BCUT2D eigenvalue weighted by Crippen LogP contribution is -2.46. The van der Waals surface area contributed by atoms with E-state index in [4.69, 9.17) is 0 Å². The summed E-state index contributed by atoms with van der Waals surface area (Å²) in [5.41, 5.74) is 8.98. The highest BCUT2D eigenvalue weighted by atomic mass is 15.3. The molecule has 1 saturated heterocycles. The van der Waals surface area contributed by atoms with Crippen LogP contribution in [0.15, 0.2) is 69.9 Å². The molecule has 0 aromatic heterocycles. The molecule has 2 nitrogen and oxygen atoms in total. The fraction of sp³-hybridized carbons (Fsp3) is 0.647. The molecule has 204 valence electrons. The topological polar surface area (TPSA) is 6.48 Å². The molecule has 0 unspecified atom stereocenters. The van der Waals surface area contributed by atoms with Gasteiger partial charge in [-0.15, -0.1) is 0 Å². The zero-order valence-corrected chi connectivity index (χ0v) is 25.3. The van der Waals surface area contributed by atoms with E-state index in [9.17, 15) is 0 Å². The van der Waals surface area contributed by atoms with Gasteiger partial charge in [-0.3, -0.25) is 9.80 Å². The van der Waals surface area contributed by atoms with Crippen LogP contribution < -0.4 is 0 Å². The van der Waals surface area contributed by atoms with Gasteiger partial charge in [0.15, 0.2) is 0 Å². The van der Waals surface area contributed by atoms with Crippen LogP contribution >= 0.6 is 0 Å². The molecule has 1 fully saturated rings. The zero-order chi connectivity index (χ0) is 26.8. The predicted octanol–water partition coefficient (Wildman–Crippen LogP) is 9.44. The minimum atomic E-state index is 1.11. The molecule has 0 amide bonds. The fourth-order valence-electron chi connectivity index (χ4n) is 4.40. The third kappa shape index (κ3) is 17.7. The fourth-order valence-corrected chi connectivity index (χ4v) is 4.40. The van der Waals surface area contributed by atoms with E-state index in [0.717, 1.165) is 13.1 Å². The molecule has 0 radical (unpaired) electrons. The molecule has 0 bridgehead atoms. The zero-order valence-electron chi connectivity index (χ0n) is 25.3. The van der Waals surface area contributed by atoms with Gasteiger partial charge < -0.3 is 0 Å². The standard InChI is InChI=1S/C34H58N2/c1-29(2)13-9-15-31(5)17-11-19-33(7)21-23-35-25-27-36(28-26-35)24-22-34(8)20-12-18-32(6)16-10-14-30(3)4/h13-14,17-18,21-22H,9-12,15-16,19-20,23-28H2,1-8H3/b31-17+,32-18+,33-21+,34-22+. The Kier molecular flexibility index (Phi) is 17.5. The molecule has 0 saturated carbocycles. The van der Waals surface area contributed by atoms with Gasteiger partial charge in [0.05, 0.1) is 0 Å². The van der Waals surface area contributed by atoms with E-state index in [2.05, 4.69) is 102 Å². The number of piperazine rings is 1. The lowest BCUT2D eigenvalue weighted by atomic mass is 10.1. The van der Waals surface area contributed by atoms with Crippen molar-refractivity contribution in [1.82, 2.24) is 9.80 Å². The lowest BCUT2D eigenvalue weighted by molar-refractivity contribution is 0.153. The molecule has 1 aliphatic heterocycles. The Morgan fingerprint density at radius 3 is 1.00 bits per heavy atom. The number of nitrogens with zero attached hydrogens (tertiary/aromatic N) is 2. The van der Waals surface area contributed by atoms with Crippen LogP contribution in [0.4, 0.5) is 0 Å². The van der Waals surface area contributed by atoms with Crippen molar-refractivity contribution in [2.75, 3.05) is 39.3 Å². The minimum Gasteiger partial charge on any atom is -0.297 e. The summed E-state index contributed by atoms with van der Waals surface area (Å²) in [6.45, 7) is 24.9. The quantitative estimate of drug-likeness (QED) is 0.197. The average molecular weight is 495 g/mol. The second-order valence-corrected chi connectivity index (χ2v) is 11.5. The van der Waals surface area contributed by atoms with Crippen LogP contribution in [0.25, 0.3) is 0 Å². The van der Waals surface area contributed by atoms with Crippen molar-refractivity contribution in [2.24, 2.45) is 0 Å². The number of rotatable bonds is 16. The first-order valence-corrected chi connectivity index (χ1v) is 14.5. The van der Waals surface area contributed by atoms with E-state index >= 15 is 0 Å². The van der Waals surface area contributed by atoms with Crippen LogP contribution in [0.3, 0.4) is 0 Å². The van der Waals surface area contributed by atoms with Crippen LogP contribution in [0, 0.1) is 0 Å². The average Bonchev–Trinajstić information content (AvgIpc) is 2.81. The van der Waals surface area contributed by atoms with E-state index in [1.165, 1.54) is 111 Å². The van der Waals surface area contributed by atoms with Gasteiger partial charge in [0.1, 0.15) is 0 Å². The molecule has 0 spiro atoms. The van der Waals surface area contributed by atoms with Gasteiger partial charge in [-0.1, -0.05) is 69.9 Å². The molecule has 0 aromatic carbocycles. The molecule has 0 N–H and O–H groups in total. The van der Waals surface area contributed by atoms with Crippen molar-refractivity contribution in [3.05, 3.63) is 69.9 Å². The summed E-state index contributed by atoms with van der Waals surface area (Å²) in [6, 6.07) is 0. The van der Waals surface area contributed by atoms with Gasteiger partial charge in [0.25, 0.3) is 0 Å². The molecular weight excluding hydrogens is 436 g/mol. The van der Waals surface area contributed by atoms with Crippen LogP contribution in [-0.4, -0.2) is 49.1 Å². The summed E-state index contributed by atoms with van der Waals surface area (Å²) in [4.78, 5) is 5.22. The Labute approximate surface area is 225 Å². The smallest absolute Gasteiger partial charge is 0.0166 e. The Morgan fingerprint density at radius 2 is 0.694 bits per heavy atom. The van der Waals surface area contributed by atoms with Crippen molar-refractivity contribution in [1.29, 1.82) is 0 Å². The van der Waals surface area contributed by atoms with Crippen molar-refractivity contribution < 1.29 is 0 Å². The molecule has 0 atom stereocenters. The van der Waals surface area contributed by atoms with Crippen molar-refractivity contribution in [3.63, 3.8) is 0 Å². The molecule has 36 heavy (non-hydrogen) atoms. The van der Waals surface area contributed by atoms with Crippen molar-refractivity contribution >= 4 is 0 Å². The van der Waals surface area contributed by atoms with E-state index in [1.807, 2.05) is 0 Å². The number of hydrogen-bond donors (Lipinski definition) is 0. The first kappa shape index (κ1) is 32.4. The monoisotopic (exact) mass is 494 g/mol. The van der Waals surface area contributed by atoms with Gasteiger partial charge >= 0.3 is 0 Å². The highest BCUT2D eigenvalue weighted by Gasteiger charge is 2.14. The van der Waals surface area contributed by atoms with E-state index < -0.39 is 0 Å². The summed E-state index contributed by atoms with van der Waals surface area (Å²) >= 11 is 0. The molecule has 2 heteroatoms. The summed E-state index contributed by atoms with van der Waals surface area (Å²) in [5, 5.41) is 0. The third-order valence-corrected chi connectivity index (χ3v) is 7.11. The van der Waals surface area contributed by atoms with Crippen LogP contribution in [-0.2, 0) is 0 Å². The highest BCUT2D eigenvalue weighted by Crippen LogP contribution is 2.13. The molecule has 1 aliphatic rings. The van der Waals surface area contributed by atoms with Gasteiger partial charge in [0, 0.05) is 39.3 Å². The Hall–Kier alpha value is -1.64. The normalized spacial score (nSPS) is 16.9. The predicted molar refractivity (Wildman–Crippen MR) is 164 cm³/mol. The summed E-state index contributed by atoms with van der Waals surface area (Å²) in [7, 11) is 0. The Balaban J connectivity index is 2.23. The van der Waals surface area contributed by atoms with Crippen LogP contribution in [0.1, 0.15) is 107 Å². The van der Waals surface area contributed by atoms with E-state index in [0.29, 0.717) is 0 Å². The van der Waals surface area contributed by atoms with Gasteiger partial charge in [-0.05, 0) is 107 Å². The van der Waals surface area contributed by atoms with Gasteiger partial charge in [-0.25, -0.2) is 0 Å².